The lowest BCUT2D eigenvalue weighted by molar-refractivity contribution is 0.0976. The highest BCUT2D eigenvalue weighted by Crippen LogP contribution is 2.27. The van der Waals surface area contributed by atoms with Crippen LogP contribution in [0.25, 0.3) is 0 Å². The van der Waals surface area contributed by atoms with Crippen molar-refractivity contribution in [3.63, 3.8) is 0 Å². The van der Waals surface area contributed by atoms with Gasteiger partial charge in [-0.2, -0.15) is 0 Å². The minimum atomic E-state index is -0.193. The molecule has 1 atom stereocenters. The van der Waals surface area contributed by atoms with Gasteiger partial charge in [0.05, 0.1) is 19.8 Å². The van der Waals surface area contributed by atoms with E-state index in [9.17, 15) is 4.79 Å². The minimum Gasteiger partial charge on any atom is -0.497 e. The average molecular weight is 410 g/mol. The predicted molar refractivity (Wildman–Crippen MR) is 117 cm³/mol. The second kappa shape index (κ2) is 9.99. The van der Waals surface area contributed by atoms with E-state index in [1.54, 1.807) is 31.4 Å². The highest BCUT2D eigenvalue weighted by Gasteiger charge is 2.18. The number of hydrogen-bond donors (Lipinski definition) is 1. The van der Waals surface area contributed by atoms with Gasteiger partial charge in [0, 0.05) is 22.7 Å². The lowest BCUT2D eigenvalue weighted by Gasteiger charge is -2.20. The molecule has 0 fully saturated rings. The number of hydrogen-bond acceptors (Lipinski definition) is 4. The number of benzene rings is 3. The van der Waals surface area contributed by atoms with Gasteiger partial charge in [0.15, 0.2) is 5.78 Å². The number of ketones is 1. The molecule has 0 aliphatic heterocycles. The highest BCUT2D eigenvalue weighted by atomic mass is 35.5. The van der Waals surface area contributed by atoms with Crippen molar-refractivity contribution >= 4 is 23.1 Å². The third kappa shape index (κ3) is 5.75. The van der Waals surface area contributed by atoms with E-state index in [2.05, 4.69) is 5.32 Å². The Bertz CT molecular complexity index is 922. The Hall–Kier alpha value is -2.98. The maximum absolute atomic E-state index is 12.9. The number of carbonyl (C=O) groups is 1. The Balaban J connectivity index is 1.82. The molecule has 0 amide bonds. The summed E-state index contributed by atoms with van der Waals surface area (Å²) in [5, 5.41) is 4.12. The molecule has 0 heterocycles. The fraction of sp³-hybridized carbons (Fsp3) is 0.208. The first-order chi connectivity index (χ1) is 14.1. The third-order valence-electron chi connectivity index (χ3n) is 4.58. The SMILES string of the molecule is CCOc1ccc([C@H](CC(=O)c2ccc(OC)cc2)Nc2ccc(Cl)cc2)cc1. The molecule has 3 aromatic rings. The molecule has 0 aliphatic rings. The van der Waals surface area contributed by atoms with Crippen molar-refractivity contribution in [3.8, 4) is 11.5 Å². The molecule has 3 aromatic carbocycles. The van der Waals surface area contributed by atoms with Crippen LogP contribution in [0, 0.1) is 0 Å². The van der Waals surface area contributed by atoms with Gasteiger partial charge < -0.3 is 14.8 Å². The molecule has 5 heteroatoms. The fourth-order valence-electron chi connectivity index (χ4n) is 3.04. The maximum atomic E-state index is 12.9. The molecule has 3 rings (SSSR count). The molecule has 4 nitrogen and oxygen atoms in total. The second-order valence-corrected chi connectivity index (χ2v) is 7.00. The molecule has 0 aromatic heterocycles. The quantitative estimate of drug-likeness (QED) is 0.429. The Labute approximate surface area is 176 Å². The number of carbonyl (C=O) groups excluding carboxylic acids is 1. The van der Waals surface area contributed by atoms with Gasteiger partial charge in [-0.15, -0.1) is 0 Å². The Morgan fingerprint density at radius 2 is 1.55 bits per heavy atom. The zero-order valence-electron chi connectivity index (χ0n) is 16.5. The number of rotatable bonds is 9. The van der Waals surface area contributed by atoms with Crippen molar-refractivity contribution < 1.29 is 14.3 Å². The number of Topliss-reactive ketones (excluding diaryl/α,β-unsaturated/α-hetero) is 1. The summed E-state index contributed by atoms with van der Waals surface area (Å²) < 4.78 is 10.7. The molecule has 0 saturated heterocycles. The van der Waals surface area contributed by atoms with Crippen molar-refractivity contribution in [1.82, 2.24) is 0 Å². The van der Waals surface area contributed by atoms with Crippen molar-refractivity contribution in [2.45, 2.75) is 19.4 Å². The number of nitrogens with one attached hydrogen (secondary N) is 1. The summed E-state index contributed by atoms with van der Waals surface area (Å²) in [4.78, 5) is 12.9. The van der Waals surface area contributed by atoms with Crippen molar-refractivity contribution in [3.05, 3.63) is 88.9 Å². The van der Waals surface area contributed by atoms with Crippen molar-refractivity contribution in [2.24, 2.45) is 0 Å². The standard InChI is InChI=1S/C24H24ClNO3/c1-3-29-22-14-4-17(5-15-22)23(26-20-10-8-19(25)9-11-20)16-24(27)18-6-12-21(28-2)13-7-18/h4-15,23,26H,3,16H2,1-2H3/t23-/m0/s1. The second-order valence-electron chi connectivity index (χ2n) is 6.56. The zero-order valence-corrected chi connectivity index (χ0v) is 17.3. The Kier molecular flexibility index (Phi) is 7.14. The van der Waals surface area contributed by atoms with Gasteiger partial charge in [-0.05, 0) is 73.2 Å². The van der Waals surface area contributed by atoms with Crippen LogP contribution in [0.4, 0.5) is 5.69 Å². The van der Waals surface area contributed by atoms with E-state index in [1.807, 2.05) is 55.5 Å². The molecule has 0 saturated carbocycles. The van der Waals surface area contributed by atoms with Crippen molar-refractivity contribution in [1.29, 1.82) is 0 Å². The largest absolute Gasteiger partial charge is 0.497 e. The Morgan fingerprint density at radius 1 is 0.931 bits per heavy atom. The molecule has 29 heavy (non-hydrogen) atoms. The van der Waals surface area contributed by atoms with Crippen LogP contribution in [0.2, 0.25) is 5.02 Å². The Morgan fingerprint density at radius 3 is 2.14 bits per heavy atom. The number of methoxy groups -OCH3 is 1. The van der Waals surface area contributed by atoms with Gasteiger partial charge in [0.25, 0.3) is 0 Å². The summed E-state index contributed by atoms with van der Waals surface area (Å²) >= 11 is 6.00. The number of halogens is 1. The number of ether oxygens (including phenoxy) is 2. The lowest BCUT2D eigenvalue weighted by Crippen LogP contribution is -2.16. The van der Waals surface area contributed by atoms with Gasteiger partial charge in [-0.1, -0.05) is 23.7 Å². The number of anilines is 1. The van der Waals surface area contributed by atoms with Crippen LogP contribution in [-0.4, -0.2) is 19.5 Å². The molecule has 0 aliphatic carbocycles. The maximum Gasteiger partial charge on any atom is 0.165 e. The monoisotopic (exact) mass is 409 g/mol. The van der Waals surface area contributed by atoms with Crippen LogP contribution in [0.15, 0.2) is 72.8 Å². The molecular formula is C24H24ClNO3. The smallest absolute Gasteiger partial charge is 0.165 e. The van der Waals surface area contributed by atoms with Crippen molar-refractivity contribution in [2.75, 3.05) is 19.0 Å². The average Bonchev–Trinajstić information content (AvgIpc) is 2.75. The molecular weight excluding hydrogens is 386 g/mol. The van der Waals surface area contributed by atoms with Crippen LogP contribution in [0.3, 0.4) is 0 Å². The van der Waals surface area contributed by atoms with Gasteiger partial charge in [0.1, 0.15) is 11.5 Å². The summed E-state index contributed by atoms with van der Waals surface area (Å²) in [6.07, 6.45) is 0.308. The van der Waals surface area contributed by atoms with E-state index in [4.69, 9.17) is 21.1 Å². The molecule has 0 spiro atoms. The fourth-order valence-corrected chi connectivity index (χ4v) is 3.17. The molecule has 1 N–H and O–H groups in total. The molecule has 0 unspecified atom stereocenters. The summed E-state index contributed by atoms with van der Waals surface area (Å²) in [6, 6.07) is 22.3. The summed E-state index contributed by atoms with van der Waals surface area (Å²) in [5.41, 5.74) is 2.56. The van der Waals surface area contributed by atoms with Gasteiger partial charge in [-0.25, -0.2) is 0 Å². The first-order valence-corrected chi connectivity index (χ1v) is 9.89. The van der Waals surface area contributed by atoms with E-state index in [0.29, 0.717) is 23.6 Å². The van der Waals surface area contributed by atoms with Gasteiger partial charge >= 0.3 is 0 Å². The van der Waals surface area contributed by atoms with Crippen LogP contribution >= 0.6 is 11.6 Å². The predicted octanol–water partition coefficient (Wildman–Crippen LogP) is 6.17. The molecule has 0 bridgehead atoms. The van der Waals surface area contributed by atoms with E-state index in [0.717, 1.165) is 22.7 Å². The summed E-state index contributed by atoms with van der Waals surface area (Å²) in [7, 11) is 1.61. The zero-order chi connectivity index (χ0) is 20.6. The van der Waals surface area contributed by atoms with E-state index in [1.165, 1.54) is 0 Å². The minimum absolute atomic E-state index is 0.0491. The van der Waals surface area contributed by atoms with E-state index >= 15 is 0 Å². The third-order valence-corrected chi connectivity index (χ3v) is 4.83. The lowest BCUT2D eigenvalue weighted by atomic mass is 9.97. The summed E-state index contributed by atoms with van der Waals surface area (Å²) in [6.45, 7) is 2.56. The van der Waals surface area contributed by atoms with Crippen LogP contribution in [0.1, 0.15) is 35.3 Å². The topological polar surface area (TPSA) is 47.6 Å². The molecule has 150 valence electrons. The van der Waals surface area contributed by atoms with Gasteiger partial charge in [-0.3, -0.25) is 4.79 Å². The first kappa shape index (κ1) is 20.7. The van der Waals surface area contributed by atoms with Crippen LogP contribution in [-0.2, 0) is 0 Å². The van der Waals surface area contributed by atoms with Gasteiger partial charge in [0.2, 0.25) is 0 Å². The molecule has 0 radical (unpaired) electrons. The van der Waals surface area contributed by atoms with E-state index in [-0.39, 0.29) is 11.8 Å². The van der Waals surface area contributed by atoms with E-state index < -0.39 is 0 Å². The van der Waals surface area contributed by atoms with Crippen LogP contribution in [0.5, 0.6) is 11.5 Å². The van der Waals surface area contributed by atoms with Crippen LogP contribution < -0.4 is 14.8 Å². The highest BCUT2D eigenvalue weighted by molar-refractivity contribution is 6.30. The first-order valence-electron chi connectivity index (χ1n) is 9.51. The normalized spacial score (nSPS) is 11.6. The summed E-state index contributed by atoms with van der Waals surface area (Å²) in [5.74, 6) is 1.58.